The quantitative estimate of drug-likeness (QED) is 0.870. The first-order valence-electron chi connectivity index (χ1n) is 5.71. The van der Waals surface area contributed by atoms with Crippen LogP contribution < -0.4 is 4.72 Å². The largest absolute Gasteiger partial charge is 0.276 e. The molecule has 0 aliphatic rings. The van der Waals surface area contributed by atoms with Crippen LogP contribution in [-0.2, 0) is 10.0 Å². The SMILES string of the molecule is Cc1cc(S(=O)(=O)Nc2cccnc2Cl)c(C)cc1Cl. The van der Waals surface area contributed by atoms with E-state index in [2.05, 4.69) is 9.71 Å². The Balaban J connectivity index is 2.47. The maximum Gasteiger partial charge on any atom is 0.262 e. The summed E-state index contributed by atoms with van der Waals surface area (Å²) in [6, 6.07) is 6.30. The first-order chi connectivity index (χ1) is 9.31. The highest BCUT2D eigenvalue weighted by molar-refractivity contribution is 7.92. The molecule has 0 unspecified atom stereocenters. The molecule has 0 saturated carbocycles. The summed E-state index contributed by atoms with van der Waals surface area (Å²) in [6.07, 6.45) is 1.48. The Kier molecular flexibility index (Phi) is 4.22. The van der Waals surface area contributed by atoms with Crippen molar-refractivity contribution >= 4 is 38.9 Å². The molecule has 0 aliphatic heterocycles. The second-order valence-electron chi connectivity index (χ2n) is 4.31. The lowest BCUT2D eigenvalue weighted by Crippen LogP contribution is -2.15. The van der Waals surface area contributed by atoms with Crippen LogP contribution in [0, 0.1) is 13.8 Å². The average molecular weight is 331 g/mol. The maximum absolute atomic E-state index is 12.4. The van der Waals surface area contributed by atoms with E-state index < -0.39 is 10.0 Å². The minimum Gasteiger partial charge on any atom is -0.276 e. The molecule has 0 atom stereocenters. The number of pyridine rings is 1. The summed E-state index contributed by atoms with van der Waals surface area (Å²) >= 11 is 11.8. The van der Waals surface area contributed by atoms with Crippen molar-refractivity contribution in [3.8, 4) is 0 Å². The van der Waals surface area contributed by atoms with Gasteiger partial charge in [-0.3, -0.25) is 4.72 Å². The van der Waals surface area contributed by atoms with Crippen molar-refractivity contribution in [2.75, 3.05) is 4.72 Å². The van der Waals surface area contributed by atoms with Crippen molar-refractivity contribution in [3.63, 3.8) is 0 Å². The Morgan fingerprint density at radius 1 is 1.15 bits per heavy atom. The molecule has 7 heteroatoms. The molecule has 1 N–H and O–H groups in total. The molecular weight excluding hydrogens is 319 g/mol. The second-order valence-corrected chi connectivity index (χ2v) is 6.73. The van der Waals surface area contributed by atoms with Crippen LogP contribution in [0.25, 0.3) is 0 Å². The molecule has 1 aromatic heterocycles. The number of sulfonamides is 1. The molecule has 0 saturated heterocycles. The summed E-state index contributed by atoms with van der Waals surface area (Å²) in [5.41, 5.74) is 1.49. The lowest BCUT2D eigenvalue weighted by atomic mass is 10.2. The van der Waals surface area contributed by atoms with Crippen LogP contribution in [0.4, 0.5) is 5.69 Å². The number of benzene rings is 1. The van der Waals surface area contributed by atoms with Crippen LogP contribution in [-0.4, -0.2) is 13.4 Å². The van der Waals surface area contributed by atoms with Gasteiger partial charge in [-0.25, -0.2) is 13.4 Å². The normalized spacial score (nSPS) is 11.4. The van der Waals surface area contributed by atoms with Gasteiger partial charge in [0.15, 0.2) is 5.15 Å². The number of aromatic nitrogens is 1. The Bertz CT molecular complexity index is 761. The molecule has 2 rings (SSSR count). The van der Waals surface area contributed by atoms with E-state index in [0.717, 1.165) is 0 Å². The fourth-order valence-electron chi connectivity index (χ4n) is 1.71. The van der Waals surface area contributed by atoms with Crippen LogP contribution in [0.3, 0.4) is 0 Å². The zero-order valence-electron chi connectivity index (χ0n) is 10.8. The van der Waals surface area contributed by atoms with Crippen molar-refractivity contribution in [2.45, 2.75) is 18.7 Å². The molecule has 0 radical (unpaired) electrons. The average Bonchev–Trinajstić information content (AvgIpc) is 2.36. The third-order valence-electron chi connectivity index (χ3n) is 2.75. The smallest absolute Gasteiger partial charge is 0.262 e. The van der Waals surface area contributed by atoms with Crippen LogP contribution in [0.15, 0.2) is 35.4 Å². The van der Waals surface area contributed by atoms with Gasteiger partial charge in [-0.2, -0.15) is 0 Å². The molecule has 0 bridgehead atoms. The van der Waals surface area contributed by atoms with Gasteiger partial charge >= 0.3 is 0 Å². The third kappa shape index (κ3) is 3.06. The highest BCUT2D eigenvalue weighted by Gasteiger charge is 2.19. The molecule has 1 heterocycles. The fraction of sp³-hybridized carbons (Fsp3) is 0.154. The maximum atomic E-state index is 12.4. The van der Waals surface area contributed by atoms with E-state index in [1.807, 2.05) is 0 Å². The van der Waals surface area contributed by atoms with Crippen molar-refractivity contribution in [1.82, 2.24) is 4.98 Å². The molecule has 106 valence electrons. The fourth-order valence-corrected chi connectivity index (χ4v) is 3.53. The Hall–Kier alpha value is -1.30. The van der Waals surface area contributed by atoms with Gasteiger partial charge in [0.2, 0.25) is 0 Å². The predicted molar refractivity (Wildman–Crippen MR) is 81.0 cm³/mol. The number of nitrogens with zero attached hydrogens (tertiary/aromatic N) is 1. The lowest BCUT2D eigenvalue weighted by Gasteiger charge is -2.12. The molecule has 0 aliphatic carbocycles. The van der Waals surface area contributed by atoms with E-state index in [0.29, 0.717) is 16.1 Å². The van der Waals surface area contributed by atoms with E-state index in [1.165, 1.54) is 12.3 Å². The molecular formula is C13H12Cl2N2O2S. The monoisotopic (exact) mass is 330 g/mol. The lowest BCUT2D eigenvalue weighted by molar-refractivity contribution is 0.600. The standard InChI is InChI=1S/C13H12Cl2N2O2S/c1-8-7-12(9(2)6-10(8)14)20(18,19)17-11-4-3-5-16-13(11)15/h3-7,17H,1-2H3. The van der Waals surface area contributed by atoms with Gasteiger partial charge in [0.1, 0.15) is 0 Å². The Morgan fingerprint density at radius 3 is 2.50 bits per heavy atom. The van der Waals surface area contributed by atoms with E-state index >= 15 is 0 Å². The van der Waals surface area contributed by atoms with Gasteiger partial charge in [-0.05, 0) is 49.2 Å². The summed E-state index contributed by atoms with van der Waals surface area (Å²) in [5.74, 6) is 0. The summed E-state index contributed by atoms with van der Waals surface area (Å²) in [6.45, 7) is 3.43. The van der Waals surface area contributed by atoms with E-state index in [1.54, 1.807) is 32.0 Å². The first-order valence-corrected chi connectivity index (χ1v) is 7.95. The Morgan fingerprint density at radius 2 is 1.85 bits per heavy atom. The number of aryl methyl sites for hydroxylation is 2. The summed E-state index contributed by atoms with van der Waals surface area (Å²) in [5, 5.41) is 0.625. The van der Waals surface area contributed by atoms with Gasteiger partial charge in [0, 0.05) is 11.2 Å². The van der Waals surface area contributed by atoms with E-state index in [4.69, 9.17) is 23.2 Å². The highest BCUT2D eigenvalue weighted by Crippen LogP contribution is 2.27. The minimum atomic E-state index is -3.74. The number of anilines is 1. The summed E-state index contributed by atoms with van der Waals surface area (Å²) in [7, 11) is -3.74. The van der Waals surface area contributed by atoms with Crippen LogP contribution in [0.5, 0.6) is 0 Å². The van der Waals surface area contributed by atoms with Gasteiger partial charge in [0.05, 0.1) is 10.6 Å². The van der Waals surface area contributed by atoms with Crippen molar-refractivity contribution in [3.05, 3.63) is 51.8 Å². The van der Waals surface area contributed by atoms with Crippen molar-refractivity contribution in [2.24, 2.45) is 0 Å². The topological polar surface area (TPSA) is 59.1 Å². The van der Waals surface area contributed by atoms with Gasteiger partial charge in [0.25, 0.3) is 10.0 Å². The minimum absolute atomic E-state index is 0.0967. The molecule has 2 aromatic rings. The molecule has 20 heavy (non-hydrogen) atoms. The second kappa shape index (κ2) is 5.60. The van der Waals surface area contributed by atoms with E-state index in [9.17, 15) is 8.42 Å². The zero-order chi connectivity index (χ0) is 14.9. The van der Waals surface area contributed by atoms with Crippen LogP contribution in [0.1, 0.15) is 11.1 Å². The summed E-state index contributed by atoms with van der Waals surface area (Å²) < 4.78 is 27.2. The molecule has 1 aromatic carbocycles. The number of halogens is 2. The number of nitrogens with one attached hydrogen (secondary N) is 1. The first kappa shape index (κ1) is 15.1. The molecule has 4 nitrogen and oxygen atoms in total. The Labute approximate surface area is 127 Å². The number of hydrogen-bond acceptors (Lipinski definition) is 3. The number of hydrogen-bond donors (Lipinski definition) is 1. The molecule has 0 fully saturated rings. The van der Waals surface area contributed by atoms with Crippen molar-refractivity contribution < 1.29 is 8.42 Å². The van der Waals surface area contributed by atoms with Crippen LogP contribution in [0.2, 0.25) is 10.2 Å². The summed E-state index contributed by atoms with van der Waals surface area (Å²) in [4.78, 5) is 3.99. The van der Waals surface area contributed by atoms with Crippen LogP contribution >= 0.6 is 23.2 Å². The van der Waals surface area contributed by atoms with E-state index in [-0.39, 0.29) is 15.7 Å². The highest BCUT2D eigenvalue weighted by atomic mass is 35.5. The number of rotatable bonds is 3. The molecule has 0 spiro atoms. The predicted octanol–water partition coefficient (Wildman–Crippen LogP) is 3.81. The molecule has 0 amide bonds. The van der Waals surface area contributed by atoms with Gasteiger partial charge < -0.3 is 0 Å². The third-order valence-corrected chi connectivity index (χ3v) is 4.97. The van der Waals surface area contributed by atoms with Crippen molar-refractivity contribution in [1.29, 1.82) is 0 Å². The van der Waals surface area contributed by atoms with Gasteiger partial charge in [-0.1, -0.05) is 23.2 Å². The zero-order valence-corrected chi connectivity index (χ0v) is 13.1. The van der Waals surface area contributed by atoms with Gasteiger partial charge in [-0.15, -0.1) is 0 Å².